The minimum atomic E-state index is -0.0400. The number of nitrogens with one attached hydrogen (secondary N) is 1. The number of nitrogens with zero attached hydrogens (tertiary/aromatic N) is 3. The van der Waals surface area contributed by atoms with Gasteiger partial charge in [-0.15, -0.1) is 0 Å². The Bertz CT molecular complexity index is 891. The molecule has 1 N–H and O–H groups in total. The SMILES string of the molecule is CC(=O)N1CCc2cc(C(=O)NCCN3CCN(Cc4ccccc4)CC3)ccc21. The molecule has 0 spiro atoms. The van der Waals surface area contributed by atoms with Crippen LogP contribution in [-0.4, -0.2) is 67.4 Å². The van der Waals surface area contributed by atoms with Crippen LogP contribution in [0.5, 0.6) is 0 Å². The number of hydrogen-bond donors (Lipinski definition) is 1. The van der Waals surface area contributed by atoms with E-state index in [-0.39, 0.29) is 11.8 Å². The lowest BCUT2D eigenvalue weighted by molar-refractivity contribution is -0.116. The summed E-state index contributed by atoms with van der Waals surface area (Å²) in [5, 5.41) is 3.05. The number of carbonyl (C=O) groups excluding carboxylic acids is 2. The molecule has 1 saturated heterocycles. The molecule has 6 nitrogen and oxygen atoms in total. The highest BCUT2D eigenvalue weighted by Gasteiger charge is 2.23. The van der Waals surface area contributed by atoms with E-state index >= 15 is 0 Å². The average Bonchev–Trinajstić information content (AvgIpc) is 3.19. The first kappa shape index (κ1) is 20.6. The number of piperazine rings is 1. The van der Waals surface area contributed by atoms with E-state index in [4.69, 9.17) is 0 Å². The molecule has 1 fully saturated rings. The first-order valence-electron chi connectivity index (χ1n) is 10.8. The van der Waals surface area contributed by atoms with E-state index in [9.17, 15) is 9.59 Å². The third-order valence-corrected chi connectivity index (χ3v) is 6.04. The van der Waals surface area contributed by atoms with Crippen LogP contribution in [0.2, 0.25) is 0 Å². The van der Waals surface area contributed by atoms with Crippen molar-refractivity contribution in [2.75, 3.05) is 50.7 Å². The molecule has 0 aromatic heterocycles. The molecule has 4 rings (SSSR count). The number of fused-ring (bicyclic) bond motifs is 1. The molecular weight excluding hydrogens is 376 g/mol. The predicted octanol–water partition coefficient (Wildman–Crippen LogP) is 2.14. The Morgan fingerprint density at radius 3 is 2.40 bits per heavy atom. The van der Waals surface area contributed by atoms with Crippen LogP contribution in [0.25, 0.3) is 0 Å². The first-order valence-corrected chi connectivity index (χ1v) is 10.8. The number of hydrogen-bond acceptors (Lipinski definition) is 4. The van der Waals surface area contributed by atoms with Crippen LogP contribution in [0, 0.1) is 0 Å². The summed E-state index contributed by atoms with van der Waals surface area (Å²) in [7, 11) is 0. The normalized spacial score (nSPS) is 17.0. The Morgan fingerprint density at radius 1 is 0.933 bits per heavy atom. The Balaban J connectivity index is 1.20. The van der Waals surface area contributed by atoms with Gasteiger partial charge in [-0.1, -0.05) is 30.3 Å². The summed E-state index contributed by atoms with van der Waals surface area (Å²) in [4.78, 5) is 30.9. The highest BCUT2D eigenvalue weighted by Crippen LogP contribution is 2.28. The molecule has 0 atom stereocenters. The van der Waals surface area contributed by atoms with Crippen molar-refractivity contribution in [3.8, 4) is 0 Å². The summed E-state index contributed by atoms with van der Waals surface area (Å²) in [6.07, 6.45) is 0.809. The van der Waals surface area contributed by atoms with Gasteiger partial charge in [-0.05, 0) is 35.7 Å². The minimum Gasteiger partial charge on any atom is -0.351 e. The van der Waals surface area contributed by atoms with Crippen molar-refractivity contribution < 1.29 is 9.59 Å². The van der Waals surface area contributed by atoms with Gasteiger partial charge in [0.15, 0.2) is 0 Å². The Kier molecular flexibility index (Phi) is 6.45. The molecule has 0 bridgehead atoms. The zero-order chi connectivity index (χ0) is 20.9. The van der Waals surface area contributed by atoms with Gasteiger partial charge < -0.3 is 10.2 Å². The summed E-state index contributed by atoms with van der Waals surface area (Å²) in [6, 6.07) is 16.2. The largest absolute Gasteiger partial charge is 0.351 e. The number of anilines is 1. The van der Waals surface area contributed by atoms with E-state index in [1.54, 1.807) is 11.8 Å². The van der Waals surface area contributed by atoms with Crippen molar-refractivity contribution in [3.63, 3.8) is 0 Å². The maximum absolute atomic E-state index is 12.5. The fraction of sp³-hybridized carbons (Fsp3) is 0.417. The van der Waals surface area contributed by atoms with Crippen molar-refractivity contribution in [1.29, 1.82) is 0 Å². The molecule has 6 heteroatoms. The molecule has 2 amide bonds. The van der Waals surface area contributed by atoms with Gasteiger partial charge in [-0.3, -0.25) is 19.4 Å². The lowest BCUT2D eigenvalue weighted by atomic mass is 10.1. The lowest BCUT2D eigenvalue weighted by Gasteiger charge is -2.34. The third kappa shape index (κ3) is 4.89. The molecule has 0 radical (unpaired) electrons. The molecule has 2 aliphatic rings. The fourth-order valence-electron chi connectivity index (χ4n) is 4.31. The summed E-state index contributed by atoms with van der Waals surface area (Å²) >= 11 is 0. The van der Waals surface area contributed by atoms with E-state index in [0.717, 1.165) is 56.9 Å². The highest BCUT2D eigenvalue weighted by atomic mass is 16.2. The number of carbonyl (C=O) groups is 2. The van der Waals surface area contributed by atoms with Crippen LogP contribution >= 0.6 is 0 Å². The van der Waals surface area contributed by atoms with Crippen LogP contribution in [-0.2, 0) is 17.8 Å². The van der Waals surface area contributed by atoms with Gasteiger partial charge in [0.1, 0.15) is 0 Å². The molecule has 2 aliphatic heterocycles. The van der Waals surface area contributed by atoms with E-state index in [0.29, 0.717) is 18.7 Å². The minimum absolute atomic E-state index is 0.0400. The van der Waals surface area contributed by atoms with E-state index < -0.39 is 0 Å². The molecule has 2 heterocycles. The molecular formula is C24H30N4O2. The van der Waals surface area contributed by atoms with Crippen LogP contribution in [0.3, 0.4) is 0 Å². The van der Waals surface area contributed by atoms with Gasteiger partial charge in [-0.2, -0.15) is 0 Å². The molecule has 0 aliphatic carbocycles. The van der Waals surface area contributed by atoms with Crippen molar-refractivity contribution in [3.05, 3.63) is 65.2 Å². The van der Waals surface area contributed by atoms with E-state index in [1.807, 2.05) is 18.2 Å². The van der Waals surface area contributed by atoms with E-state index in [2.05, 4.69) is 45.4 Å². The number of rotatable bonds is 6. The fourth-order valence-corrected chi connectivity index (χ4v) is 4.31. The van der Waals surface area contributed by atoms with Crippen molar-refractivity contribution in [1.82, 2.24) is 15.1 Å². The Morgan fingerprint density at radius 2 is 1.67 bits per heavy atom. The van der Waals surface area contributed by atoms with E-state index in [1.165, 1.54) is 5.56 Å². The van der Waals surface area contributed by atoms with Crippen LogP contribution in [0.1, 0.15) is 28.4 Å². The maximum Gasteiger partial charge on any atom is 0.251 e. The summed E-state index contributed by atoms with van der Waals surface area (Å²) < 4.78 is 0. The second kappa shape index (κ2) is 9.41. The molecule has 30 heavy (non-hydrogen) atoms. The average molecular weight is 407 g/mol. The van der Waals surface area contributed by atoms with Gasteiger partial charge >= 0.3 is 0 Å². The predicted molar refractivity (Wildman–Crippen MR) is 119 cm³/mol. The van der Waals surface area contributed by atoms with Gasteiger partial charge in [0.05, 0.1) is 0 Å². The maximum atomic E-state index is 12.5. The summed E-state index contributed by atoms with van der Waals surface area (Å²) in [6.45, 7) is 8.97. The smallest absolute Gasteiger partial charge is 0.251 e. The Labute approximate surface area is 178 Å². The zero-order valence-electron chi connectivity index (χ0n) is 17.6. The first-order chi connectivity index (χ1) is 14.6. The van der Waals surface area contributed by atoms with Gasteiger partial charge in [0, 0.05) is 70.5 Å². The molecule has 2 aromatic carbocycles. The number of benzene rings is 2. The lowest BCUT2D eigenvalue weighted by Crippen LogP contribution is -2.48. The Hall–Kier alpha value is -2.70. The molecule has 0 saturated carbocycles. The van der Waals surface area contributed by atoms with Crippen LogP contribution < -0.4 is 10.2 Å². The van der Waals surface area contributed by atoms with Crippen molar-refractivity contribution in [2.45, 2.75) is 19.9 Å². The van der Waals surface area contributed by atoms with Crippen molar-refractivity contribution in [2.24, 2.45) is 0 Å². The molecule has 0 unspecified atom stereocenters. The summed E-state index contributed by atoms with van der Waals surface area (Å²) in [5.74, 6) is 0.0107. The standard InChI is InChI=1S/C24H30N4O2/c1-19(29)28-11-9-21-17-22(7-8-23(21)28)24(30)25-10-12-26-13-15-27(16-14-26)18-20-5-3-2-4-6-20/h2-8,17H,9-16,18H2,1H3,(H,25,30). The molecule has 158 valence electrons. The van der Waals surface area contributed by atoms with Crippen LogP contribution in [0.15, 0.2) is 48.5 Å². The summed E-state index contributed by atoms with van der Waals surface area (Å²) in [5.41, 5.74) is 4.05. The second-order valence-electron chi connectivity index (χ2n) is 8.12. The number of amides is 2. The van der Waals surface area contributed by atoms with Gasteiger partial charge in [0.2, 0.25) is 5.91 Å². The molecule has 2 aromatic rings. The monoisotopic (exact) mass is 406 g/mol. The van der Waals surface area contributed by atoms with Gasteiger partial charge in [0.25, 0.3) is 5.91 Å². The topological polar surface area (TPSA) is 55.9 Å². The van der Waals surface area contributed by atoms with Gasteiger partial charge in [-0.25, -0.2) is 0 Å². The second-order valence-corrected chi connectivity index (χ2v) is 8.12. The highest BCUT2D eigenvalue weighted by molar-refractivity contribution is 5.97. The third-order valence-electron chi connectivity index (χ3n) is 6.04. The van der Waals surface area contributed by atoms with Crippen molar-refractivity contribution >= 4 is 17.5 Å². The van der Waals surface area contributed by atoms with Crippen LogP contribution in [0.4, 0.5) is 5.69 Å². The quantitative estimate of drug-likeness (QED) is 0.799. The zero-order valence-corrected chi connectivity index (χ0v) is 17.6.